The molecule has 0 fully saturated rings. The Morgan fingerprint density at radius 2 is 1.67 bits per heavy atom. The summed E-state index contributed by atoms with van der Waals surface area (Å²) in [4.78, 5) is 36.1. The molecule has 0 saturated carbocycles. The number of benzene rings is 1. The molecule has 1 aliphatic heterocycles. The highest BCUT2D eigenvalue weighted by molar-refractivity contribution is 7.99. The van der Waals surface area contributed by atoms with Crippen molar-refractivity contribution < 1.29 is 14.4 Å². The molecule has 21 heavy (non-hydrogen) atoms. The first kappa shape index (κ1) is 15.6. The Morgan fingerprint density at radius 1 is 1.05 bits per heavy atom. The van der Waals surface area contributed by atoms with Crippen molar-refractivity contribution in [3.8, 4) is 0 Å². The summed E-state index contributed by atoms with van der Waals surface area (Å²) >= 11 is 1.66. The van der Waals surface area contributed by atoms with Crippen LogP contribution in [0.3, 0.4) is 0 Å². The fourth-order valence-electron chi connectivity index (χ4n) is 2.19. The maximum absolute atomic E-state index is 12.1. The number of carbonyl (C=O) groups is 3. The number of unbranched alkanes of at least 4 members (excludes halogenated alkanes) is 1. The standard InChI is InChI=1S/C15H18N2O3S/c16-13(18)7-10-21-9-4-3-8-17-14(19)11-5-1-2-6-12(11)15(17)20/h1-2,5-6H,3-4,7-10H2,(H2,16,18). The molecule has 3 amide bonds. The molecule has 0 radical (unpaired) electrons. The van der Waals surface area contributed by atoms with Gasteiger partial charge in [0.25, 0.3) is 11.8 Å². The van der Waals surface area contributed by atoms with Gasteiger partial charge < -0.3 is 5.73 Å². The van der Waals surface area contributed by atoms with Crippen LogP contribution in [0.2, 0.25) is 0 Å². The summed E-state index contributed by atoms with van der Waals surface area (Å²) in [6, 6.07) is 6.91. The third-order valence-electron chi connectivity index (χ3n) is 3.29. The van der Waals surface area contributed by atoms with Crippen LogP contribution in [-0.4, -0.2) is 40.7 Å². The molecular weight excluding hydrogens is 288 g/mol. The molecule has 112 valence electrons. The van der Waals surface area contributed by atoms with Crippen molar-refractivity contribution >= 4 is 29.5 Å². The van der Waals surface area contributed by atoms with Gasteiger partial charge in [0.2, 0.25) is 5.91 Å². The van der Waals surface area contributed by atoms with Crippen LogP contribution in [0.4, 0.5) is 0 Å². The van der Waals surface area contributed by atoms with Crippen LogP contribution in [0.5, 0.6) is 0 Å². The van der Waals surface area contributed by atoms with E-state index in [0.717, 1.165) is 24.3 Å². The van der Waals surface area contributed by atoms with Crippen LogP contribution in [0.1, 0.15) is 40.0 Å². The number of fused-ring (bicyclic) bond motifs is 1. The monoisotopic (exact) mass is 306 g/mol. The Morgan fingerprint density at radius 3 is 2.24 bits per heavy atom. The molecule has 5 nitrogen and oxygen atoms in total. The molecule has 0 bridgehead atoms. The lowest BCUT2D eigenvalue weighted by atomic mass is 10.1. The lowest BCUT2D eigenvalue weighted by Crippen LogP contribution is -2.30. The zero-order valence-electron chi connectivity index (χ0n) is 11.7. The van der Waals surface area contributed by atoms with Gasteiger partial charge in [0.05, 0.1) is 11.1 Å². The molecular formula is C15H18N2O3S. The van der Waals surface area contributed by atoms with Crippen molar-refractivity contribution in [3.63, 3.8) is 0 Å². The molecule has 0 spiro atoms. The highest BCUT2D eigenvalue weighted by Gasteiger charge is 2.34. The van der Waals surface area contributed by atoms with E-state index in [2.05, 4.69) is 0 Å². The minimum atomic E-state index is -0.284. The number of amides is 3. The van der Waals surface area contributed by atoms with Gasteiger partial charge in [-0.25, -0.2) is 0 Å². The Hall–Kier alpha value is -1.82. The van der Waals surface area contributed by atoms with E-state index in [4.69, 9.17) is 5.73 Å². The van der Waals surface area contributed by atoms with E-state index >= 15 is 0 Å². The fraction of sp³-hybridized carbons (Fsp3) is 0.400. The largest absolute Gasteiger partial charge is 0.370 e. The second kappa shape index (κ2) is 7.26. The van der Waals surface area contributed by atoms with E-state index in [9.17, 15) is 14.4 Å². The van der Waals surface area contributed by atoms with E-state index in [1.807, 2.05) is 0 Å². The van der Waals surface area contributed by atoms with E-state index in [1.54, 1.807) is 36.0 Å². The van der Waals surface area contributed by atoms with Crippen molar-refractivity contribution in [3.05, 3.63) is 35.4 Å². The van der Waals surface area contributed by atoms with E-state index in [-0.39, 0.29) is 17.7 Å². The third-order valence-corrected chi connectivity index (χ3v) is 4.36. The fourth-order valence-corrected chi connectivity index (χ4v) is 3.15. The van der Waals surface area contributed by atoms with Gasteiger partial charge in [-0.2, -0.15) is 11.8 Å². The van der Waals surface area contributed by atoms with Crippen LogP contribution in [-0.2, 0) is 4.79 Å². The maximum atomic E-state index is 12.1. The predicted molar refractivity (Wildman–Crippen MR) is 82.2 cm³/mol. The summed E-state index contributed by atoms with van der Waals surface area (Å²) in [7, 11) is 0. The number of nitrogens with two attached hydrogens (primary N) is 1. The number of carbonyl (C=O) groups excluding carboxylic acids is 3. The zero-order valence-corrected chi connectivity index (χ0v) is 12.5. The third kappa shape index (κ3) is 3.85. The van der Waals surface area contributed by atoms with Gasteiger partial charge in [-0.15, -0.1) is 0 Å². The van der Waals surface area contributed by atoms with Crippen molar-refractivity contribution in [2.45, 2.75) is 19.3 Å². The molecule has 0 unspecified atom stereocenters. The topological polar surface area (TPSA) is 80.5 Å². The first-order valence-corrected chi connectivity index (χ1v) is 8.08. The van der Waals surface area contributed by atoms with Gasteiger partial charge in [0, 0.05) is 18.7 Å². The highest BCUT2D eigenvalue weighted by atomic mass is 32.2. The summed E-state index contributed by atoms with van der Waals surface area (Å²) in [5, 5.41) is 0. The second-order valence-corrected chi connectivity index (χ2v) is 6.07. The number of nitrogens with zero attached hydrogens (tertiary/aromatic N) is 1. The summed E-state index contributed by atoms with van der Waals surface area (Å²) in [5.41, 5.74) is 6.05. The second-order valence-electron chi connectivity index (χ2n) is 4.84. The summed E-state index contributed by atoms with van der Waals surface area (Å²) in [5.74, 6) is 0.946. The highest BCUT2D eigenvalue weighted by Crippen LogP contribution is 2.22. The first-order valence-electron chi connectivity index (χ1n) is 6.92. The molecule has 1 aliphatic rings. The Labute approximate surface area is 127 Å². The van der Waals surface area contributed by atoms with E-state index in [1.165, 1.54) is 4.90 Å². The maximum Gasteiger partial charge on any atom is 0.261 e. The molecule has 1 aromatic rings. The number of hydrogen-bond acceptors (Lipinski definition) is 4. The molecule has 6 heteroatoms. The van der Waals surface area contributed by atoms with Crippen molar-refractivity contribution in [1.82, 2.24) is 4.90 Å². The van der Waals surface area contributed by atoms with Gasteiger partial charge in [-0.1, -0.05) is 12.1 Å². The number of thioether (sulfide) groups is 1. The van der Waals surface area contributed by atoms with Gasteiger partial charge in [0.15, 0.2) is 0 Å². The van der Waals surface area contributed by atoms with Crippen LogP contribution >= 0.6 is 11.8 Å². The van der Waals surface area contributed by atoms with Crippen molar-refractivity contribution in [2.75, 3.05) is 18.1 Å². The Balaban J connectivity index is 1.72. The summed E-state index contributed by atoms with van der Waals surface area (Å²) in [6.07, 6.45) is 2.06. The minimum absolute atomic E-state index is 0.197. The molecule has 1 aromatic carbocycles. The number of rotatable bonds is 8. The normalized spacial score (nSPS) is 13.6. The van der Waals surface area contributed by atoms with Crippen LogP contribution in [0.25, 0.3) is 0 Å². The van der Waals surface area contributed by atoms with Crippen molar-refractivity contribution in [1.29, 1.82) is 0 Å². The molecule has 2 N–H and O–H groups in total. The predicted octanol–water partition coefficient (Wildman–Crippen LogP) is 1.67. The van der Waals surface area contributed by atoms with Gasteiger partial charge in [-0.3, -0.25) is 19.3 Å². The first-order chi connectivity index (χ1) is 10.1. The lowest BCUT2D eigenvalue weighted by Gasteiger charge is -2.13. The summed E-state index contributed by atoms with van der Waals surface area (Å²) < 4.78 is 0. The average molecular weight is 306 g/mol. The van der Waals surface area contributed by atoms with Gasteiger partial charge in [0.1, 0.15) is 0 Å². The SMILES string of the molecule is NC(=O)CCSCCCCN1C(=O)c2ccccc2C1=O. The Bertz CT molecular complexity index is 525. The molecule has 0 atom stereocenters. The lowest BCUT2D eigenvalue weighted by molar-refractivity contribution is -0.117. The number of primary amides is 1. The molecule has 2 rings (SSSR count). The number of hydrogen-bond donors (Lipinski definition) is 1. The minimum Gasteiger partial charge on any atom is -0.370 e. The zero-order chi connectivity index (χ0) is 15.2. The molecule has 1 heterocycles. The summed E-state index contributed by atoms with van der Waals surface area (Å²) in [6.45, 7) is 0.447. The van der Waals surface area contributed by atoms with Crippen LogP contribution < -0.4 is 5.73 Å². The quantitative estimate of drug-likeness (QED) is 0.585. The van der Waals surface area contributed by atoms with Crippen LogP contribution in [0, 0.1) is 0 Å². The molecule has 0 aliphatic carbocycles. The smallest absolute Gasteiger partial charge is 0.261 e. The average Bonchev–Trinajstić information content (AvgIpc) is 2.71. The molecule has 0 aromatic heterocycles. The number of imide groups is 1. The Kier molecular flexibility index (Phi) is 5.38. The van der Waals surface area contributed by atoms with E-state index < -0.39 is 0 Å². The van der Waals surface area contributed by atoms with E-state index in [0.29, 0.717) is 24.1 Å². The molecule has 0 saturated heterocycles. The van der Waals surface area contributed by atoms with Gasteiger partial charge in [-0.05, 0) is 30.7 Å². The van der Waals surface area contributed by atoms with Gasteiger partial charge >= 0.3 is 0 Å². The van der Waals surface area contributed by atoms with Crippen molar-refractivity contribution in [2.24, 2.45) is 5.73 Å². The van der Waals surface area contributed by atoms with Crippen LogP contribution in [0.15, 0.2) is 24.3 Å².